The number of pyridine rings is 1. The Morgan fingerprint density at radius 1 is 1.26 bits per heavy atom. The van der Waals surface area contributed by atoms with E-state index in [1.165, 1.54) is 45.1 Å². The minimum atomic E-state index is -1.04. The van der Waals surface area contributed by atoms with E-state index in [-0.39, 0.29) is 30.1 Å². The molecule has 1 aliphatic carbocycles. The van der Waals surface area contributed by atoms with Crippen LogP contribution in [0.3, 0.4) is 0 Å². The molecule has 9 nitrogen and oxygen atoms in total. The second kappa shape index (κ2) is 13.6. The highest BCUT2D eigenvalue weighted by atomic mass is 16.6. The van der Waals surface area contributed by atoms with Gasteiger partial charge in [0.15, 0.2) is 23.2 Å². The van der Waals surface area contributed by atoms with Crippen LogP contribution in [-0.4, -0.2) is 67.1 Å². The van der Waals surface area contributed by atoms with Crippen LogP contribution in [0.2, 0.25) is 0 Å². The van der Waals surface area contributed by atoms with Gasteiger partial charge in [-0.1, -0.05) is 45.4 Å². The standard InChI is InChI=1S/C26H40N2O7/c1-4-5-8-13-34-24-17(2)35-26(31)20(16-33-15-19(24)14-18-9-6-7-10-18)28-25(30)22-23(29)21(32-3)11-12-27-22/h11-12,17-20,24,29H,4-10,13-16H2,1-3H3,(H,28,30)/t17-,19-,20-,24-/m0/s1. The Bertz CT molecular complexity index is 828. The number of unbranched alkanes of at least 4 members (excludes halogenated alkanes) is 2. The fourth-order valence-electron chi connectivity index (χ4n) is 5.03. The van der Waals surface area contributed by atoms with Crippen molar-refractivity contribution in [3.05, 3.63) is 18.0 Å². The SMILES string of the molecule is CCCCCO[C@@H]1[C@@H](CC2CCCC2)COC[C@H](NC(=O)c2nccc(OC)c2O)C(=O)O[C@H]1C. The molecule has 0 unspecified atom stereocenters. The maximum absolute atomic E-state index is 13.0. The fraction of sp³-hybridized carbons (Fsp3) is 0.731. The van der Waals surface area contributed by atoms with E-state index in [4.69, 9.17) is 18.9 Å². The van der Waals surface area contributed by atoms with Crippen LogP contribution in [0.5, 0.6) is 11.5 Å². The van der Waals surface area contributed by atoms with Crippen LogP contribution >= 0.6 is 0 Å². The molecule has 3 rings (SSSR count). The van der Waals surface area contributed by atoms with E-state index in [1.807, 2.05) is 6.92 Å². The molecule has 1 saturated carbocycles. The molecule has 196 valence electrons. The van der Waals surface area contributed by atoms with Crippen LogP contribution in [0.4, 0.5) is 0 Å². The Kier molecular flexibility index (Phi) is 10.6. The van der Waals surface area contributed by atoms with Gasteiger partial charge in [0, 0.05) is 24.8 Å². The van der Waals surface area contributed by atoms with Gasteiger partial charge in [-0.2, -0.15) is 0 Å². The van der Waals surface area contributed by atoms with Crippen molar-refractivity contribution in [2.24, 2.45) is 11.8 Å². The first kappa shape index (κ1) is 27.2. The summed E-state index contributed by atoms with van der Waals surface area (Å²) in [5.41, 5.74) is -0.235. The summed E-state index contributed by atoms with van der Waals surface area (Å²) < 4.78 is 23.1. The van der Waals surface area contributed by atoms with Gasteiger partial charge in [0.25, 0.3) is 5.91 Å². The van der Waals surface area contributed by atoms with Crippen LogP contribution in [-0.2, 0) is 19.0 Å². The lowest BCUT2D eigenvalue weighted by Crippen LogP contribution is -2.46. The zero-order chi connectivity index (χ0) is 25.2. The summed E-state index contributed by atoms with van der Waals surface area (Å²) >= 11 is 0. The topological polar surface area (TPSA) is 116 Å². The van der Waals surface area contributed by atoms with Crippen LogP contribution < -0.4 is 10.1 Å². The summed E-state index contributed by atoms with van der Waals surface area (Å²) in [6, 6.07) is 0.402. The number of ether oxygens (including phenoxy) is 4. The van der Waals surface area contributed by atoms with Crippen molar-refractivity contribution >= 4 is 11.9 Å². The molecule has 4 atom stereocenters. The average Bonchev–Trinajstić information content (AvgIpc) is 3.36. The minimum Gasteiger partial charge on any atom is -0.503 e. The Balaban J connectivity index is 1.71. The molecule has 1 amide bonds. The molecule has 2 heterocycles. The molecular formula is C26H40N2O7. The largest absolute Gasteiger partial charge is 0.503 e. The van der Waals surface area contributed by atoms with E-state index in [0.29, 0.717) is 19.1 Å². The monoisotopic (exact) mass is 492 g/mol. The van der Waals surface area contributed by atoms with E-state index < -0.39 is 29.8 Å². The lowest BCUT2D eigenvalue weighted by atomic mass is 9.87. The molecule has 0 spiro atoms. The quantitative estimate of drug-likeness (QED) is 0.376. The van der Waals surface area contributed by atoms with Crippen molar-refractivity contribution in [3.63, 3.8) is 0 Å². The predicted octanol–water partition coefficient (Wildman–Crippen LogP) is 3.63. The number of amides is 1. The lowest BCUT2D eigenvalue weighted by Gasteiger charge is -2.32. The second-order valence-corrected chi connectivity index (χ2v) is 9.60. The second-order valence-electron chi connectivity index (χ2n) is 9.60. The van der Waals surface area contributed by atoms with Gasteiger partial charge in [-0.3, -0.25) is 4.79 Å². The molecule has 9 heteroatoms. The maximum Gasteiger partial charge on any atom is 0.331 e. The van der Waals surface area contributed by atoms with Gasteiger partial charge < -0.3 is 29.4 Å². The van der Waals surface area contributed by atoms with Gasteiger partial charge in [0.05, 0.1) is 26.4 Å². The summed E-state index contributed by atoms with van der Waals surface area (Å²) in [7, 11) is 1.38. The first-order chi connectivity index (χ1) is 16.9. The third kappa shape index (κ3) is 7.54. The van der Waals surface area contributed by atoms with Crippen molar-refractivity contribution < 1.29 is 33.6 Å². The van der Waals surface area contributed by atoms with E-state index in [2.05, 4.69) is 17.2 Å². The normalized spacial score (nSPS) is 25.9. The van der Waals surface area contributed by atoms with E-state index >= 15 is 0 Å². The molecule has 0 bridgehead atoms. The van der Waals surface area contributed by atoms with Crippen LogP contribution in [0.1, 0.15) is 75.7 Å². The van der Waals surface area contributed by atoms with Gasteiger partial charge in [0.1, 0.15) is 6.10 Å². The zero-order valence-electron chi connectivity index (χ0n) is 21.2. The van der Waals surface area contributed by atoms with Gasteiger partial charge in [-0.05, 0) is 25.7 Å². The molecule has 35 heavy (non-hydrogen) atoms. The summed E-state index contributed by atoms with van der Waals surface area (Å²) in [6.07, 6.45) is 9.65. The molecule has 2 fully saturated rings. The molecule has 1 aromatic heterocycles. The number of rotatable bonds is 10. The number of methoxy groups -OCH3 is 1. The smallest absolute Gasteiger partial charge is 0.331 e. The third-order valence-corrected chi connectivity index (χ3v) is 6.93. The first-order valence-electron chi connectivity index (χ1n) is 12.9. The molecule has 1 saturated heterocycles. The Morgan fingerprint density at radius 2 is 2.03 bits per heavy atom. The Labute approximate surface area is 207 Å². The molecule has 2 N–H and O–H groups in total. The van der Waals surface area contributed by atoms with E-state index in [1.54, 1.807) is 0 Å². The number of nitrogens with one attached hydrogen (secondary N) is 1. The van der Waals surface area contributed by atoms with Crippen molar-refractivity contribution in [2.75, 3.05) is 26.9 Å². The van der Waals surface area contributed by atoms with Crippen LogP contribution in [0.25, 0.3) is 0 Å². The molecule has 1 aliphatic heterocycles. The van der Waals surface area contributed by atoms with Crippen LogP contribution in [0.15, 0.2) is 12.3 Å². The van der Waals surface area contributed by atoms with Gasteiger partial charge in [-0.25, -0.2) is 9.78 Å². The summed E-state index contributed by atoms with van der Waals surface area (Å²) in [6.45, 7) is 5.00. The van der Waals surface area contributed by atoms with Gasteiger partial charge in [0.2, 0.25) is 0 Å². The first-order valence-corrected chi connectivity index (χ1v) is 12.9. The molecule has 0 aromatic carbocycles. The van der Waals surface area contributed by atoms with Gasteiger partial charge in [-0.15, -0.1) is 0 Å². The molecule has 1 aromatic rings. The number of carbonyl (C=O) groups excluding carboxylic acids is 2. The van der Waals surface area contributed by atoms with Gasteiger partial charge >= 0.3 is 5.97 Å². The number of cyclic esters (lactones) is 1. The molecular weight excluding hydrogens is 452 g/mol. The highest BCUT2D eigenvalue weighted by molar-refractivity contribution is 5.98. The number of aromatic nitrogens is 1. The highest BCUT2D eigenvalue weighted by Crippen LogP contribution is 2.34. The average molecular weight is 493 g/mol. The number of hydrogen-bond donors (Lipinski definition) is 2. The minimum absolute atomic E-state index is 0.0360. The summed E-state index contributed by atoms with van der Waals surface area (Å²) in [4.78, 5) is 29.7. The summed E-state index contributed by atoms with van der Waals surface area (Å²) in [5.74, 6) is -0.862. The summed E-state index contributed by atoms with van der Waals surface area (Å²) in [5, 5.41) is 12.9. The highest BCUT2D eigenvalue weighted by Gasteiger charge is 2.37. The Hall–Kier alpha value is -2.39. The zero-order valence-corrected chi connectivity index (χ0v) is 21.2. The van der Waals surface area contributed by atoms with Crippen LogP contribution in [0, 0.1) is 11.8 Å². The predicted molar refractivity (Wildman–Crippen MR) is 129 cm³/mol. The third-order valence-electron chi connectivity index (χ3n) is 6.93. The number of esters is 1. The van der Waals surface area contributed by atoms with E-state index in [0.717, 1.165) is 25.7 Å². The van der Waals surface area contributed by atoms with Crippen molar-refractivity contribution in [3.8, 4) is 11.5 Å². The van der Waals surface area contributed by atoms with Crippen molar-refractivity contribution in [1.82, 2.24) is 10.3 Å². The number of aromatic hydroxyl groups is 1. The molecule has 0 radical (unpaired) electrons. The maximum atomic E-state index is 13.0. The van der Waals surface area contributed by atoms with E-state index in [9.17, 15) is 14.7 Å². The Morgan fingerprint density at radius 3 is 2.74 bits per heavy atom. The number of carbonyl (C=O) groups is 2. The van der Waals surface area contributed by atoms with Crippen molar-refractivity contribution in [2.45, 2.75) is 83.5 Å². The number of nitrogens with zero attached hydrogens (tertiary/aromatic N) is 1. The number of hydrogen-bond acceptors (Lipinski definition) is 8. The molecule has 2 aliphatic rings. The fourth-order valence-corrected chi connectivity index (χ4v) is 5.03. The lowest BCUT2D eigenvalue weighted by molar-refractivity contribution is -0.160. The van der Waals surface area contributed by atoms with Crippen molar-refractivity contribution in [1.29, 1.82) is 0 Å².